The molecule has 0 saturated carbocycles. The van der Waals surface area contributed by atoms with E-state index in [1.165, 1.54) is 0 Å². The topological polar surface area (TPSA) is 66.2 Å². The third-order valence-corrected chi connectivity index (χ3v) is 0. The van der Waals surface area contributed by atoms with Crippen molar-refractivity contribution >= 4 is 19.6 Å². The molecule has 0 unspecified atom stereocenters. The summed E-state index contributed by atoms with van der Waals surface area (Å²) < 4.78 is 0. The zero-order chi connectivity index (χ0) is 7.15. The molecule has 0 atom stereocenters. The molecule has 50 valence electrons. The SMILES string of the molecule is C[Te+](C)C.O=[N+]([O-])[O-]. The first-order chi connectivity index (χ1) is 3.46. The van der Waals surface area contributed by atoms with Gasteiger partial charge in [0.1, 0.15) is 0 Å². The minimum absolute atomic E-state index is 0.357. The second-order valence-corrected chi connectivity index (χ2v) is 8.44. The summed E-state index contributed by atoms with van der Waals surface area (Å²) in [5.41, 5.74) is 0. The smallest absolute Gasteiger partial charge is 0.0689 e. The van der Waals surface area contributed by atoms with E-state index < -0.39 is 5.09 Å². The van der Waals surface area contributed by atoms with Crippen molar-refractivity contribution in [2.45, 2.75) is 14.9 Å². The Hall–Kier alpha value is -0.0104. The Balaban J connectivity index is 0. The van der Waals surface area contributed by atoms with Crippen LogP contribution in [0.25, 0.3) is 0 Å². The molecular formula is C3H9NO3Te. The average Bonchev–Trinajstić information content (AvgIpc) is 1.25. The summed E-state index contributed by atoms with van der Waals surface area (Å²) >= 11 is -0.357. The summed E-state index contributed by atoms with van der Waals surface area (Å²) in [5.74, 6) is 0. The van der Waals surface area contributed by atoms with Gasteiger partial charge in [0, 0.05) is 0 Å². The van der Waals surface area contributed by atoms with Gasteiger partial charge in [0.25, 0.3) is 0 Å². The maximum absolute atomic E-state index is 8.25. The first kappa shape index (κ1) is 10.9. The molecule has 0 spiro atoms. The normalized spacial score (nSPS) is 7.50. The molecule has 0 aliphatic carbocycles. The molecule has 0 N–H and O–H groups in total. The molecule has 5 heteroatoms. The second kappa shape index (κ2) is 6.99. The summed E-state index contributed by atoms with van der Waals surface area (Å²) in [6.45, 7) is 0. The standard InChI is InChI=1S/C3H9Te.NO3/c1-4(2)3;2-1(3)4/h1-3H3;/q+1;-1. The molecule has 0 radical (unpaired) electrons. The molecule has 8 heavy (non-hydrogen) atoms. The maximum atomic E-state index is 8.25. The van der Waals surface area contributed by atoms with Crippen molar-refractivity contribution in [2.75, 3.05) is 0 Å². The van der Waals surface area contributed by atoms with Crippen molar-refractivity contribution in [3.63, 3.8) is 0 Å². The van der Waals surface area contributed by atoms with Gasteiger partial charge in [0.2, 0.25) is 0 Å². The van der Waals surface area contributed by atoms with E-state index in [0.717, 1.165) is 0 Å². The summed E-state index contributed by atoms with van der Waals surface area (Å²) in [5, 5.41) is 14.8. The predicted molar refractivity (Wildman–Crippen MR) is 33.7 cm³/mol. The molecule has 0 aliphatic heterocycles. The number of rotatable bonds is 0. The Morgan fingerprint density at radius 2 is 1.25 bits per heavy atom. The van der Waals surface area contributed by atoms with Crippen LogP contribution in [0, 0.1) is 15.3 Å². The van der Waals surface area contributed by atoms with Gasteiger partial charge in [-0.3, -0.25) is 0 Å². The molecule has 0 fully saturated rings. The van der Waals surface area contributed by atoms with Crippen LogP contribution in [0.3, 0.4) is 0 Å². The minimum atomic E-state index is -1.75. The van der Waals surface area contributed by atoms with Crippen LogP contribution in [0.15, 0.2) is 0 Å². The van der Waals surface area contributed by atoms with Crippen molar-refractivity contribution in [3.05, 3.63) is 15.3 Å². The van der Waals surface area contributed by atoms with Gasteiger partial charge < -0.3 is 15.3 Å². The zero-order valence-corrected chi connectivity index (χ0v) is 7.41. The molecule has 4 nitrogen and oxygen atoms in total. The minimum Gasteiger partial charge on any atom is -0.356 e. The third kappa shape index (κ3) is 1380000. The van der Waals surface area contributed by atoms with Gasteiger partial charge in [-0.1, -0.05) is 0 Å². The quantitative estimate of drug-likeness (QED) is 0.359. The van der Waals surface area contributed by atoms with Crippen molar-refractivity contribution in [1.29, 1.82) is 0 Å². The average molecular weight is 235 g/mol. The fourth-order valence-corrected chi connectivity index (χ4v) is 0. The van der Waals surface area contributed by atoms with Gasteiger partial charge in [0.15, 0.2) is 0 Å². The molecule has 0 amide bonds. The molecular weight excluding hydrogens is 226 g/mol. The van der Waals surface area contributed by atoms with E-state index in [-0.39, 0.29) is 19.6 Å². The Labute approximate surface area is 55.3 Å². The Morgan fingerprint density at radius 3 is 1.25 bits per heavy atom. The second-order valence-electron chi connectivity index (χ2n) is 1.45. The van der Waals surface area contributed by atoms with E-state index in [1.54, 1.807) is 0 Å². The molecule has 0 saturated heterocycles. The number of hydrogen-bond acceptors (Lipinski definition) is 3. The fraction of sp³-hybridized carbons (Fsp3) is 1.00. The van der Waals surface area contributed by atoms with Crippen molar-refractivity contribution < 1.29 is 5.09 Å². The van der Waals surface area contributed by atoms with Crippen LogP contribution in [0.2, 0.25) is 14.9 Å². The van der Waals surface area contributed by atoms with Crippen molar-refractivity contribution in [3.8, 4) is 0 Å². The Morgan fingerprint density at radius 1 is 1.25 bits per heavy atom. The van der Waals surface area contributed by atoms with E-state index in [0.29, 0.717) is 0 Å². The summed E-state index contributed by atoms with van der Waals surface area (Å²) in [7, 11) is 0. The predicted octanol–water partition coefficient (Wildman–Crippen LogP) is 1.13. The van der Waals surface area contributed by atoms with E-state index in [9.17, 15) is 0 Å². The number of hydrogen-bond donors (Lipinski definition) is 0. The van der Waals surface area contributed by atoms with Crippen molar-refractivity contribution in [1.82, 2.24) is 0 Å². The molecule has 0 rings (SSSR count). The van der Waals surface area contributed by atoms with E-state index in [1.807, 2.05) is 0 Å². The van der Waals surface area contributed by atoms with E-state index >= 15 is 0 Å². The van der Waals surface area contributed by atoms with Gasteiger partial charge in [-0.05, 0) is 0 Å². The van der Waals surface area contributed by atoms with Gasteiger partial charge in [0.05, 0.1) is 5.09 Å². The molecule has 0 heterocycles. The summed E-state index contributed by atoms with van der Waals surface area (Å²) in [6, 6.07) is 0. The van der Waals surface area contributed by atoms with Crippen LogP contribution >= 0.6 is 0 Å². The molecule has 0 aromatic carbocycles. The van der Waals surface area contributed by atoms with Crippen LogP contribution in [-0.2, 0) is 0 Å². The largest absolute Gasteiger partial charge is 0.356 e. The first-order valence-corrected chi connectivity index (χ1v) is 8.76. The van der Waals surface area contributed by atoms with Gasteiger partial charge in [-0.15, -0.1) is 0 Å². The van der Waals surface area contributed by atoms with Gasteiger partial charge >= 0.3 is 34.5 Å². The fourth-order valence-electron chi connectivity index (χ4n) is 0. The third-order valence-electron chi connectivity index (χ3n) is 0. The van der Waals surface area contributed by atoms with E-state index in [2.05, 4.69) is 14.9 Å². The van der Waals surface area contributed by atoms with Crippen LogP contribution in [0.4, 0.5) is 0 Å². The monoisotopic (exact) mass is 237 g/mol. The van der Waals surface area contributed by atoms with Crippen LogP contribution in [0.5, 0.6) is 0 Å². The van der Waals surface area contributed by atoms with Gasteiger partial charge in [-0.2, -0.15) is 0 Å². The van der Waals surface area contributed by atoms with E-state index in [4.69, 9.17) is 15.3 Å². The van der Waals surface area contributed by atoms with Crippen LogP contribution in [0.1, 0.15) is 0 Å². The van der Waals surface area contributed by atoms with Crippen LogP contribution in [-0.4, -0.2) is 24.6 Å². The molecule has 0 aliphatic rings. The zero-order valence-electron chi connectivity index (χ0n) is 5.08. The molecule has 0 bridgehead atoms. The first-order valence-electron chi connectivity index (χ1n) is 1.77. The Kier molecular flexibility index (Phi) is 9.51. The van der Waals surface area contributed by atoms with Gasteiger partial charge in [-0.25, -0.2) is 0 Å². The van der Waals surface area contributed by atoms with Crippen molar-refractivity contribution in [2.24, 2.45) is 0 Å². The maximum Gasteiger partial charge on any atom is 0.0689 e. The molecule has 0 aromatic heterocycles. The number of nitrogens with zero attached hydrogens (tertiary/aromatic N) is 1. The molecule has 0 aromatic rings. The summed E-state index contributed by atoms with van der Waals surface area (Å²) in [4.78, 5) is 15.3. The Bertz CT molecular complexity index is 58.8. The van der Waals surface area contributed by atoms with Crippen LogP contribution < -0.4 is 0 Å². The summed E-state index contributed by atoms with van der Waals surface area (Å²) in [6.07, 6.45) is 0.